The quantitative estimate of drug-likeness (QED) is 0.538. The van der Waals surface area contributed by atoms with Crippen LogP contribution in [0.5, 0.6) is 5.75 Å². The van der Waals surface area contributed by atoms with Crippen LogP contribution in [0.4, 0.5) is 0 Å². The van der Waals surface area contributed by atoms with Crippen LogP contribution >= 0.6 is 0 Å². The van der Waals surface area contributed by atoms with Gasteiger partial charge in [-0.25, -0.2) is 9.67 Å². The Bertz CT molecular complexity index is 1140. The second-order valence-electron chi connectivity index (χ2n) is 7.73. The third-order valence-corrected chi connectivity index (χ3v) is 5.77. The van der Waals surface area contributed by atoms with Crippen LogP contribution < -0.4 is 4.74 Å². The minimum atomic E-state index is 0.783. The van der Waals surface area contributed by atoms with Gasteiger partial charge in [-0.15, -0.1) is 0 Å². The summed E-state index contributed by atoms with van der Waals surface area (Å²) in [6.45, 7) is 5.55. The summed E-state index contributed by atoms with van der Waals surface area (Å²) in [4.78, 5) is 9.46. The predicted octanol–water partition coefficient (Wildman–Crippen LogP) is 3.33. The summed E-state index contributed by atoms with van der Waals surface area (Å²) in [5.74, 6) is 0.783. The van der Waals surface area contributed by atoms with Crippen molar-refractivity contribution in [2.24, 2.45) is 0 Å². The molecule has 1 fully saturated rings. The predicted molar refractivity (Wildman–Crippen MR) is 116 cm³/mol. The SMILES string of the molecule is COc1cccc2c1ncc1nn(-c3ccc(CN4CCN(C)CC4)cc3)cc12. The molecular weight excluding hydrogens is 362 g/mol. The Labute approximate surface area is 170 Å². The number of ether oxygens (including phenoxy) is 1. The van der Waals surface area contributed by atoms with E-state index in [0.29, 0.717) is 0 Å². The van der Waals surface area contributed by atoms with Crippen LogP contribution in [0.3, 0.4) is 0 Å². The normalized spacial score (nSPS) is 15.9. The van der Waals surface area contributed by atoms with Crippen molar-refractivity contribution in [2.75, 3.05) is 40.3 Å². The van der Waals surface area contributed by atoms with Gasteiger partial charge < -0.3 is 9.64 Å². The van der Waals surface area contributed by atoms with Crippen molar-refractivity contribution < 1.29 is 4.74 Å². The molecule has 5 rings (SSSR count). The Kier molecular flexibility index (Phi) is 4.66. The number of piperazine rings is 1. The number of likely N-dealkylation sites (N-methyl/N-ethyl adjacent to an activating group) is 1. The fraction of sp³-hybridized carbons (Fsp3) is 0.304. The fourth-order valence-corrected chi connectivity index (χ4v) is 4.00. The Morgan fingerprint density at radius 3 is 2.52 bits per heavy atom. The Morgan fingerprint density at radius 1 is 0.966 bits per heavy atom. The lowest BCUT2D eigenvalue weighted by Crippen LogP contribution is -2.43. The summed E-state index contributed by atoms with van der Waals surface area (Å²) in [5, 5.41) is 6.87. The van der Waals surface area contributed by atoms with E-state index in [1.165, 1.54) is 5.56 Å². The van der Waals surface area contributed by atoms with E-state index in [1.807, 2.05) is 23.0 Å². The van der Waals surface area contributed by atoms with Crippen molar-refractivity contribution >= 4 is 21.8 Å². The minimum absolute atomic E-state index is 0.783. The molecule has 1 aliphatic heterocycles. The lowest BCUT2D eigenvalue weighted by molar-refractivity contribution is 0.148. The number of aromatic nitrogens is 3. The summed E-state index contributed by atoms with van der Waals surface area (Å²) >= 11 is 0. The largest absolute Gasteiger partial charge is 0.494 e. The first kappa shape index (κ1) is 18.1. The molecule has 0 aliphatic carbocycles. The first-order valence-corrected chi connectivity index (χ1v) is 10.0. The fourth-order valence-electron chi connectivity index (χ4n) is 4.00. The van der Waals surface area contributed by atoms with Crippen molar-refractivity contribution in [2.45, 2.75) is 6.54 Å². The van der Waals surface area contributed by atoms with E-state index in [1.54, 1.807) is 7.11 Å². The lowest BCUT2D eigenvalue weighted by Gasteiger charge is -2.32. The molecular formula is C23H25N5O. The Balaban J connectivity index is 1.42. The van der Waals surface area contributed by atoms with Crippen LogP contribution in [0.1, 0.15) is 5.56 Å². The maximum absolute atomic E-state index is 5.45. The highest BCUT2D eigenvalue weighted by atomic mass is 16.5. The van der Waals surface area contributed by atoms with Crippen molar-refractivity contribution in [3.8, 4) is 11.4 Å². The number of para-hydroxylation sites is 1. The van der Waals surface area contributed by atoms with Crippen LogP contribution in [-0.4, -0.2) is 64.9 Å². The summed E-state index contributed by atoms with van der Waals surface area (Å²) in [7, 11) is 3.86. The second-order valence-corrected chi connectivity index (χ2v) is 7.73. The van der Waals surface area contributed by atoms with Crippen molar-refractivity contribution in [1.82, 2.24) is 24.6 Å². The molecule has 6 nitrogen and oxygen atoms in total. The molecule has 4 aromatic rings. The van der Waals surface area contributed by atoms with Gasteiger partial charge >= 0.3 is 0 Å². The van der Waals surface area contributed by atoms with Crippen molar-refractivity contribution in [3.05, 3.63) is 60.4 Å². The van der Waals surface area contributed by atoms with Gasteiger partial charge in [0.15, 0.2) is 0 Å². The maximum Gasteiger partial charge on any atom is 0.145 e. The third-order valence-electron chi connectivity index (χ3n) is 5.77. The zero-order chi connectivity index (χ0) is 19.8. The molecule has 2 aromatic heterocycles. The molecule has 148 valence electrons. The maximum atomic E-state index is 5.45. The first-order chi connectivity index (χ1) is 14.2. The number of nitrogens with zero attached hydrogens (tertiary/aromatic N) is 5. The molecule has 0 atom stereocenters. The van der Waals surface area contributed by atoms with E-state index in [0.717, 1.165) is 66.0 Å². The zero-order valence-electron chi connectivity index (χ0n) is 16.9. The van der Waals surface area contributed by atoms with E-state index in [-0.39, 0.29) is 0 Å². The monoisotopic (exact) mass is 387 g/mol. The average Bonchev–Trinajstić information content (AvgIpc) is 3.20. The van der Waals surface area contributed by atoms with Crippen LogP contribution in [0.2, 0.25) is 0 Å². The van der Waals surface area contributed by atoms with E-state index in [2.05, 4.69) is 58.4 Å². The van der Waals surface area contributed by atoms with Crippen LogP contribution in [0.15, 0.2) is 54.9 Å². The molecule has 0 bridgehead atoms. The first-order valence-electron chi connectivity index (χ1n) is 10.0. The van der Waals surface area contributed by atoms with E-state index >= 15 is 0 Å². The van der Waals surface area contributed by atoms with E-state index in [9.17, 15) is 0 Å². The number of pyridine rings is 1. The molecule has 29 heavy (non-hydrogen) atoms. The smallest absolute Gasteiger partial charge is 0.145 e. The van der Waals surface area contributed by atoms with Crippen molar-refractivity contribution in [3.63, 3.8) is 0 Å². The van der Waals surface area contributed by atoms with Gasteiger partial charge in [-0.05, 0) is 30.8 Å². The third kappa shape index (κ3) is 3.45. The van der Waals surface area contributed by atoms with Gasteiger partial charge in [0.25, 0.3) is 0 Å². The molecule has 0 N–H and O–H groups in total. The van der Waals surface area contributed by atoms with Crippen molar-refractivity contribution in [1.29, 1.82) is 0 Å². The molecule has 6 heteroatoms. The van der Waals surface area contributed by atoms with Gasteiger partial charge in [0.05, 0.1) is 19.0 Å². The molecule has 0 amide bonds. The number of benzene rings is 2. The molecule has 3 heterocycles. The highest BCUT2D eigenvalue weighted by Gasteiger charge is 2.14. The topological polar surface area (TPSA) is 46.4 Å². The van der Waals surface area contributed by atoms with E-state index < -0.39 is 0 Å². The van der Waals surface area contributed by atoms with Gasteiger partial charge in [-0.1, -0.05) is 24.3 Å². The molecule has 1 aliphatic rings. The minimum Gasteiger partial charge on any atom is -0.494 e. The Hall–Kier alpha value is -2.96. The number of hydrogen-bond donors (Lipinski definition) is 0. The molecule has 0 spiro atoms. The van der Waals surface area contributed by atoms with Crippen LogP contribution in [0.25, 0.3) is 27.5 Å². The number of hydrogen-bond acceptors (Lipinski definition) is 5. The van der Waals surface area contributed by atoms with Crippen LogP contribution in [-0.2, 0) is 6.54 Å². The van der Waals surface area contributed by atoms with Gasteiger partial charge in [-0.2, -0.15) is 5.10 Å². The molecule has 0 saturated carbocycles. The standard InChI is InChI=1S/C23H25N5O/c1-26-10-12-27(13-11-26)15-17-6-8-18(9-7-17)28-16-20-19-4-3-5-22(29-2)23(19)24-14-21(20)25-28/h3-9,14,16H,10-13,15H2,1-2H3. The van der Waals surface area contributed by atoms with Crippen LogP contribution in [0, 0.1) is 0 Å². The summed E-state index contributed by atoms with van der Waals surface area (Å²) < 4.78 is 7.39. The summed E-state index contributed by atoms with van der Waals surface area (Å²) in [6.07, 6.45) is 3.90. The van der Waals surface area contributed by atoms with E-state index in [4.69, 9.17) is 9.84 Å². The summed E-state index contributed by atoms with van der Waals surface area (Å²) in [5.41, 5.74) is 4.14. The lowest BCUT2D eigenvalue weighted by atomic mass is 10.1. The van der Waals surface area contributed by atoms with Gasteiger partial charge in [0.2, 0.25) is 0 Å². The highest BCUT2D eigenvalue weighted by molar-refractivity contribution is 6.05. The summed E-state index contributed by atoms with van der Waals surface area (Å²) in [6, 6.07) is 14.7. The number of fused-ring (bicyclic) bond motifs is 3. The Morgan fingerprint density at radius 2 is 1.76 bits per heavy atom. The molecule has 2 aromatic carbocycles. The van der Waals surface area contributed by atoms with Gasteiger partial charge in [0, 0.05) is 49.7 Å². The molecule has 1 saturated heterocycles. The molecule has 0 radical (unpaired) electrons. The highest BCUT2D eigenvalue weighted by Crippen LogP contribution is 2.29. The molecule has 0 unspecified atom stereocenters. The number of methoxy groups -OCH3 is 1. The average molecular weight is 387 g/mol. The van der Waals surface area contributed by atoms with Gasteiger partial charge in [0.1, 0.15) is 16.8 Å². The number of rotatable bonds is 4. The zero-order valence-corrected chi connectivity index (χ0v) is 16.9. The second kappa shape index (κ2) is 7.46. The van der Waals surface area contributed by atoms with Gasteiger partial charge in [-0.3, -0.25) is 4.90 Å².